The Kier molecular flexibility index (Phi) is 3.27. The zero-order valence-corrected chi connectivity index (χ0v) is 10.2. The second kappa shape index (κ2) is 4.87. The number of aromatic nitrogens is 3. The van der Waals surface area contributed by atoms with Crippen molar-refractivity contribution in [3.05, 3.63) is 52.0 Å². The highest BCUT2D eigenvalue weighted by molar-refractivity contribution is 5.93. The van der Waals surface area contributed by atoms with Crippen LogP contribution in [-0.2, 0) is 0 Å². The standard InChI is InChI=1S/C12H14N4O2/c1-7-3-4-9(11(17)15-7)12(18)16-8(2)10-13-5-6-14-10/h3-6,8H,1-2H3,(H,13,14)(H,15,17)(H,16,18). The average molecular weight is 246 g/mol. The first-order valence-corrected chi connectivity index (χ1v) is 5.58. The third-order valence-corrected chi connectivity index (χ3v) is 2.58. The Morgan fingerprint density at radius 2 is 2.22 bits per heavy atom. The largest absolute Gasteiger partial charge is 0.347 e. The van der Waals surface area contributed by atoms with Gasteiger partial charge in [0, 0.05) is 18.1 Å². The van der Waals surface area contributed by atoms with Crippen molar-refractivity contribution in [2.45, 2.75) is 19.9 Å². The molecule has 2 aromatic rings. The van der Waals surface area contributed by atoms with Crippen molar-refractivity contribution in [3.63, 3.8) is 0 Å². The van der Waals surface area contributed by atoms with Crippen LogP contribution in [-0.4, -0.2) is 20.9 Å². The molecule has 0 fully saturated rings. The Balaban J connectivity index is 2.15. The molecule has 0 saturated carbocycles. The van der Waals surface area contributed by atoms with E-state index in [0.29, 0.717) is 5.82 Å². The maximum absolute atomic E-state index is 11.9. The Morgan fingerprint density at radius 3 is 2.83 bits per heavy atom. The highest BCUT2D eigenvalue weighted by Gasteiger charge is 2.15. The van der Waals surface area contributed by atoms with E-state index in [1.54, 1.807) is 32.3 Å². The van der Waals surface area contributed by atoms with Crippen molar-refractivity contribution in [3.8, 4) is 0 Å². The molecule has 0 radical (unpaired) electrons. The number of hydrogen-bond donors (Lipinski definition) is 3. The van der Waals surface area contributed by atoms with Crippen LogP contribution in [0.25, 0.3) is 0 Å². The number of H-pyrrole nitrogens is 2. The highest BCUT2D eigenvalue weighted by atomic mass is 16.2. The number of imidazole rings is 1. The zero-order chi connectivity index (χ0) is 13.1. The molecule has 0 aliphatic carbocycles. The van der Waals surface area contributed by atoms with Crippen LogP contribution in [0.3, 0.4) is 0 Å². The van der Waals surface area contributed by atoms with Crippen LogP contribution in [0.15, 0.2) is 29.3 Å². The van der Waals surface area contributed by atoms with E-state index < -0.39 is 5.91 Å². The third-order valence-electron chi connectivity index (χ3n) is 2.58. The molecule has 0 aliphatic rings. The van der Waals surface area contributed by atoms with Crippen LogP contribution in [0.4, 0.5) is 0 Å². The maximum Gasteiger partial charge on any atom is 0.260 e. The van der Waals surface area contributed by atoms with Gasteiger partial charge in [-0.3, -0.25) is 9.59 Å². The topological polar surface area (TPSA) is 90.6 Å². The van der Waals surface area contributed by atoms with E-state index in [4.69, 9.17) is 0 Å². The molecule has 94 valence electrons. The first-order chi connectivity index (χ1) is 8.58. The van der Waals surface area contributed by atoms with Crippen LogP contribution in [0, 0.1) is 6.92 Å². The van der Waals surface area contributed by atoms with Gasteiger partial charge in [0.05, 0.1) is 6.04 Å². The number of aromatic amines is 2. The average Bonchev–Trinajstić information content (AvgIpc) is 2.81. The summed E-state index contributed by atoms with van der Waals surface area (Å²) in [6, 6.07) is 2.92. The fourth-order valence-electron chi connectivity index (χ4n) is 1.61. The lowest BCUT2D eigenvalue weighted by Gasteiger charge is -2.11. The molecule has 0 aliphatic heterocycles. The number of carbonyl (C=O) groups excluding carboxylic acids is 1. The molecule has 2 heterocycles. The monoisotopic (exact) mass is 246 g/mol. The predicted octanol–water partition coefficient (Wildman–Crippen LogP) is 0.897. The predicted molar refractivity (Wildman–Crippen MR) is 66.3 cm³/mol. The van der Waals surface area contributed by atoms with Gasteiger partial charge in [-0.15, -0.1) is 0 Å². The van der Waals surface area contributed by atoms with Crippen LogP contribution >= 0.6 is 0 Å². The van der Waals surface area contributed by atoms with Gasteiger partial charge < -0.3 is 15.3 Å². The Labute approximate surface area is 103 Å². The Bertz CT molecular complexity index is 601. The molecule has 0 bridgehead atoms. The number of nitrogens with one attached hydrogen (secondary N) is 3. The first-order valence-electron chi connectivity index (χ1n) is 5.58. The summed E-state index contributed by atoms with van der Waals surface area (Å²) in [5.74, 6) is 0.229. The summed E-state index contributed by atoms with van der Waals surface area (Å²) in [6.45, 7) is 3.55. The molecule has 2 aromatic heterocycles. The van der Waals surface area contributed by atoms with Gasteiger partial charge in [-0.2, -0.15) is 0 Å². The second-order valence-corrected chi connectivity index (χ2v) is 4.05. The molecule has 18 heavy (non-hydrogen) atoms. The Hall–Kier alpha value is -2.37. The van der Waals surface area contributed by atoms with Gasteiger partial charge in [0.1, 0.15) is 11.4 Å². The summed E-state index contributed by atoms with van der Waals surface area (Å²) in [5.41, 5.74) is 0.425. The van der Waals surface area contributed by atoms with Gasteiger partial charge >= 0.3 is 0 Å². The van der Waals surface area contributed by atoms with Gasteiger partial charge in [-0.05, 0) is 26.0 Å². The SMILES string of the molecule is Cc1ccc(C(=O)NC(C)c2ncc[nH]2)c(=O)[nH]1. The second-order valence-electron chi connectivity index (χ2n) is 4.05. The van der Waals surface area contributed by atoms with E-state index in [9.17, 15) is 9.59 Å². The molecule has 1 amide bonds. The molecule has 6 nitrogen and oxygen atoms in total. The van der Waals surface area contributed by atoms with E-state index in [-0.39, 0.29) is 17.2 Å². The molecule has 2 rings (SSSR count). The van der Waals surface area contributed by atoms with Crippen molar-refractivity contribution in [2.75, 3.05) is 0 Å². The number of pyridine rings is 1. The lowest BCUT2D eigenvalue weighted by molar-refractivity contribution is 0.0937. The minimum Gasteiger partial charge on any atom is -0.347 e. The fraction of sp³-hybridized carbons (Fsp3) is 0.250. The van der Waals surface area contributed by atoms with Crippen molar-refractivity contribution in [1.82, 2.24) is 20.3 Å². The van der Waals surface area contributed by atoms with Crippen LogP contribution < -0.4 is 10.9 Å². The molecule has 0 saturated heterocycles. The first kappa shape index (κ1) is 12.1. The summed E-state index contributed by atoms with van der Waals surface area (Å²) in [6.07, 6.45) is 3.29. The van der Waals surface area contributed by atoms with Crippen LogP contribution in [0.1, 0.15) is 34.8 Å². The highest BCUT2D eigenvalue weighted by Crippen LogP contribution is 2.06. The van der Waals surface area contributed by atoms with Gasteiger partial charge in [0.15, 0.2) is 0 Å². The lowest BCUT2D eigenvalue weighted by atomic mass is 10.2. The van der Waals surface area contributed by atoms with Crippen molar-refractivity contribution in [1.29, 1.82) is 0 Å². The molecule has 1 unspecified atom stereocenters. The quantitative estimate of drug-likeness (QED) is 0.751. The van der Waals surface area contributed by atoms with Gasteiger partial charge in [-0.1, -0.05) is 0 Å². The summed E-state index contributed by atoms with van der Waals surface area (Å²) >= 11 is 0. The molecular formula is C12H14N4O2. The molecule has 3 N–H and O–H groups in total. The van der Waals surface area contributed by atoms with E-state index in [1.165, 1.54) is 6.07 Å². The fourth-order valence-corrected chi connectivity index (χ4v) is 1.61. The summed E-state index contributed by atoms with van der Waals surface area (Å²) in [7, 11) is 0. The van der Waals surface area contributed by atoms with Crippen LogP contribution in [0.5, 0.6) is 0 Å². The zero-order valence-electron chi connectivity index (χ0n) is 10.2. The van der Waals surface area contributed by atoms with Crippen molar-refractivity contribution in [2.24, 2.45) is 0 Å². The summed E-state index contributed by atoms with van der Waals surface area (Å²) in [4.78, 5) is 33.1. The number of amides is 1. The van der Waals surface area contributed by atoms with E-state index >= 15 is 0 Å². The number of aryl methyl sites for hydroxylation is 1. The number of rotatable bonds is 3. The minimum atomic E-state index is -0.417. The normalized spacial score (nSPS) is 12.1. The third kappa shape index (κ3) is 2.48. The Morgan fingerprint density at radius 1 is 1.44 bits per heavy atom. The maximum atomic E-state index is 11.9. The molecular weight excluding hydrogens is 232 g/mol. The van der Waals surface area contributed by atoms with Crippen molar-refractivity contribution >= 4 is 5.91 Å². The van der Waals surface area contributed by atoms with Gasteiger partial charge in [-0.25, -0.2) is 4.98 Å². The van der Waals surface area contributed by atoms with E-state index in [2.05, 4.69) is 20.3 Å². The minimum absolute atomic E-state index is 0.0963. The summed E-state index contributed by atoms with van der Waals surface area (Å²) in [5, 5.41) is 2.71. The van der Waals surface area contributed by atoms with Crippen molar-refractivity contribution < 1.29 is 4.79 Å². The number of nitrogens with zero attached hydrogens (tertiary/aromatic N) is 1. The lowest BCUT2D eigenvalue weighted by Crippen LogP contribution is -2.32. The summed E-state index contributed by atoms with van der Waals surface area (Å²) < 4.78 is 0. The van der Waals surface area contributed by atoms with E-state index in [0.717, 1.165) is 5.69 Å². The molecule has 6 heteroatoms. The van der Waals surface area contributed by atoms with Gasteiger partial charge in [0.2, 0.25) is 0 Å². The molecule has 1 atom stereocenters. The van der Waals surface area contributed by atoms with Gasteiger partial charge in [0.25, 0.3) is 11.5 Å². The smallest absolute Gasteiger partial charge is 0.260 e. The molecule has 0 spiro atoms. The number of hydrogen-bond acceptors (Lipinski definition) is 3. The number of carbonyl (C=O) groups is 1. The molecule has 0 aromatic carbocycles. The van der Waals surface area contributed by atoms with Crippen LogP contribution in [0.2, 0.25) is 0 Å². The van der Waals surface area contributed by atoms with E-state index in [1.807, 2.05) is 0 Å².